The first-order chi connectivity index (χ1) is 7.13. The Bertz CT molecular complexity index is 320. The summed E-state index contributed by atoms with van der Waals surface area (Å²) in [5, 5.41) is 5.64. The van der Waals surface area contributed by atoms with Gasteiger partial charge in [-0.2, -0.15) is 0 Å². The van der Waals surface area contributed by atoms with Crippen molar-refractivity contribution in [3.05, 3.63) is 17.0 Å². The van der Waals surface area contributed by atoms with Gasteiger partial charge in [-0.15, -0.1) is 11.3 Å². The van der Waals surface area contributed by atoms with Gasteiger partial charge >= 0.3 is 6.09 Å². The van der Waals surface area contributed by atoms with E-state index in [-0.39, 0.29) is 6.09 Å². The molecule has 1 heterocycles. The van der Waals surface area contributed by atoms with E-state index in [1.165, 1.54) is 16.9 Å². The fourth-order valence-electron chi connectivity index (χ4n) is 1.31. The maximum atomic E-state index is 11.2. The van der Waals surface area contributed by atoms with Crippen molar-refractivity contribution in [2.75, 3.05) is 11.9 Å². The molecule has 0 aliphatic carbocycles. The summed E-state index contributed by atoms with van der Waals surface area (Å²) >= 11 is 1.53. The molecule has 0 saturated heterocycles. The second kappa shape index (κ2) is 5.75. The number of carbonyl (C=O) groups excluding carboxylic acids is 1. The predicted molar refractivity (Wildman–Crippen MR) is 63.5 cm³/mol. The van der Waals surface area contributed by atoms with Crippen LogP contribution in [0.2, 0.25) is 0 Å². The Hall–Kier alpha value is -1.03. The van der Waals surface area contributed by atoms with Gasteiger partial charge in [0, 0.05) is 0 Å². The number of carbonyl (C=O) groups is 1. The largest absolute Gasteiger partial charge is 0.450 e. The Balaban J connectivity index is 2.60. The third-order valence-electron chi connectivity index (χ3n) is 1.87. The molecule has 0 unspecified atom stereocenters. The average Bonchev–Trinajstić information content (AvgIpc) is 2.52. The smallest absolute Gasteiger partial charge is 0.412 e. The maximum Gasteiger partial charge on any atom is 0.412 e. The Morgan fingerprint density at radius 3 is 2.93 bits per heavy atom. The third kappa shape index (κ3) is 3.91. The highest BCUT2D eigenvalue weighted by Gasteiger charge is 2.09. The van der Waals surface area contributed by atoms with E-state index >= 15 is 0 Å². The Labute approximate surface area is 94.5 Å². The third-order valence-corrected chi connectivity index (χ3v) is 2.74. The minimum Gasteiger partial charge on any atom is -0.450 e. The van der Waals surface area contributed by atoms with E-state index in [9.17, 15) is 4.79 Å². The Morgan fingerprint density at radius 2 is 2.33 bits per heavy atom. The van der Waals surface area contributed by atoms with Crippen LogP contribution in [0.5, 0.6) is 0 Å². The molecule has 0 aromatic carbocycles. The van der Waals surface area contributed by atoms with E-state index in [4.69, 9.17) is 4.74 Å². The first kappa shape index (κ1) is 12.0. The quantitative estimate of drug-likeness (QED) is 0.854. The fourth-order valence-corrected chi connectivity index (χ4v) is 2.12. The van der Waals surface area contributed by atoms with Gasteiger partial charge in [-0.1, -0.05) is 13.8 Å². The highest BCUT2D eigenvalue weighted by molar-refractivity contribution is 7.14. The highest BCUT2D eigenvalue weighted by Crippen LogP contribution is 2.25. The molecule has 0 atom stereocenters. The molecule has 1 N–H and O–H groups in total. The predicted octanol–water partition coefficient (Wildman–Crippen LogP) is 3.52. The second-order valence-electron chi connectivity index (χ2n) is 3.72. The standard InChI is InChI=1S/C11H17NO2S/c1-4-14-11(13)12-10-9(5-6-15-10)7-8(2)3/h5-6,8H,4,7H2,1-3H3,(H,12,13). The molecule has 0 fully saturated rings. The summed E-state index contributed by atoms with van der Waals surface area (Å²) in [4.78, 5) is 11.2. The molecule has 1 amide bonds. The van der Waals surface area contributed by atoms with Crippen molar-refractivity contribution in [2.45, 2.75) is 27.2 Å². The summed E-state index contributed by atoms with van der Waals surface area (Å²) in [5.41, 5.74) is 1.18. The molecule has 1 aromatic rings. The summed E-state index contributed by atoms with van der Waals surface area (Å²) in [5.74, 6) is 0.586. The van der Waals surface area contributed by atoms with Gasteiger partial charge in [-0.3, -0.25) is 5.32 Å². The fraction of sp³-hybridized carbons (Fsp3) is 0.545. The van der Waals surface area contributed by atoms with Gasteiger partial charge < -0.3 is 4.74 Å². The zero-order chi connectivity index (χ0) is 11.3. The van der Waals surface area contributed by atoms with E-state index in [2.05, 4.69) is 19.2 Å². The number of hydrogen-bond acceptors (Lipinski definition) is 3. The lowest BCUT2D eigenvalue weighted by molar-refractivity contribution is 0.168. The minimum atomic E-state index is -0.370. The molecule has 1 aromatic heterocycles. The Kier molecular flexibility index (Phi) is 4.62. The number of nitrogens with one attached hydrogen (secondary N) is 1. The number of rotatable bonds is 4. The van der Waals surface area contributed by atoms with Crippen LogP contribution in [0.4, 0.5) is 9.80 Å². The summed E-state index contributed by atoms with van der Waals surface area (Å²) in [6.07, 6.45) is 0.607. The van der Waals surface area contributed by atoms with Crippen LogP contribution in [0.3, 0.4) is 0 Å². The molecule has 1 rings (SSSR count). The molecule has 0 spiro atoms. The van der Waals surface area contributed by atoms with Gasteiger partial charge in [-0.25, -0.2) is 4.79 Å². The highest BCUT2D eigenvalue weighted by atomic mass is 32.1. The number of anilines is 1. The van der Waals surface area contributed by atoms with Crippen LogP contribution in [0.1, 0.15) is 26.3 Å². The van der Waals surface area contributed by atoms with Crippen LogP contribution in [-0.2, 0) is 11.2 Å². The summed E-state index contributed by atoms with van der Waals surface area (Å²) < 4.78 is 4.83. The normalized spacial score (nSPS) is 10.4. The maximum absolute atomic E-state index is 11.2. The van der Waals surface area contributed by atoms with Crippen LogP contribution in [0, 0.1) is 5.92 Å². The summed E-state index contributed by atoms with van der Waals surface area (Å²) in [6.45, 7) is 6.51. The molecule has 0 bridgehead atoms. The molecule has 3 nitrogen and oxygen atoms in total. The molecule has 0 saturated carbocycles. The van der Waals surface area contributed by atoms with Crippen LogP contribution in [0.25, 0.3) is 0 Å². The molecule has 4 heteroatoms. The van der Waals surface area contributed by atoms with E-state index < -0.39 is 0 Å². The molecule has 0 radical (unpaired) electrons. The van der Waals surface area contributed by atoms with Crippen molar-refractivity contribution in [1.82, 2.24) is 0 Å². The van der Waals surface area contributed by atoms with Crippen molar-refractivity contribution in [3.8, 4) is 0 Å². The minimum absolute atomic E-state index is 0.370. The van der Waals surface area contributed by atoms with E-state index in [0.717, 1.165) is 11.4 Å². The van der Waals surface area contributed by atoms with Gasteiger partial charge in [0.05, 0.1) is 6.61 Å². The zero-order valence-electron chi connectivity index (χ0n) is 9.37. The van der Waals surface area contributed by atoms with Crippen LogP contribution >= 0.6 is 11.3 Å². The van der Waals surface area contributed by atoms with E-state index in [1.807, 2.05) is 11.4 Å². The van der Waals surface area contributed by atoms with Crippen LogP contribution < -0.4 is 5.32 Å². The number of ether oxygens (including phenoxy) is 1. The molecular formula is C11H17NO2S. The van der Waals surface area contributed by atoms with Crippen molar-refractivity contribution >= 4 is 22.4 Å². The first-order valence-corrected chi connectivity index (χ1v) is 6.01. The van der Waals surface area contributed by atoms with Crippen LogP contribution in [-0.4, -0.2) is 12.7 Å². The van der Waals surface area contributed by atoms with E-state index in [0.29, 0.717) is 12.5 Å². The van der Waals surface area contributed by atoms with Gasteiger partial charge in [0.1, 0.15) is 5.00 Å². The Morgan fingerprint density at radius 1 is 1.60 bits per heavy atom. The van der Waals surface area contributed by atoms with Crippen molar-refractivity contribution < 1.29 is 9.53 Å². The SMILES string of the molecule is CCOC(=O)Nc1sccc1CC(C)C. The number of amides is 1. The second-order valence-corrected chi connectivity index (χ2v) is 4.63. The average molecular weight is 227 g/mol. The van der Waals surface area contributed by atoms with Crippen molar-refractivity contribution in [3.63, 3.8) is 0 Å². The lowest BCUT2D eigenvalue weighted by Gasteiger charge is -2.07. The molecular weight excluding hydrogens is 210 g/mol. The molecule has 0 aliphatic heterocycles. The zero-order valence-corrected chi connectivity index (χ0v) is 10.2. The lowest BCUT2D eigenvalue weighted by atomic mass is 10.1. The van der Waals surface area contributed by atoms with E-state index in [1.54, 1.807) is 6.92 Å². The summed E-state index contributed by atoms with van der Waals surface area (Å²) in [6, 6.07) is 2.05. The number of thiophene rings is 1. The van der Waals surface area contributed by atoms with Crippen molar-refractivity contribution in [1.29, 1.82) is 0 Å². The first-order valence-electron chi connectivity index (χ1n) is 5.13. The van der Waals surface area contributed by atoms with Gasteiger partial charge in [0.2, 0.25) is 0 Å². The van der Waals surface area contributed by atoms with Gasteiger partial charge in [0.15, 0.2) is 0 Å². The van der Waals surface area contributed by atoms with Crippen molar-refractivity contribution in [2.24, 2.45) is 5.92 Å². The van der Waals surface area contributed by atoms with Gasteiger partial charge in [-0.05, 0) is 36.3 Å². The number of hydrogen-bond donors (Lipinski definition) is 1. The molecule has 0 aliphatic rings. The monoisotopic (exact) mass is 227 g/mol. The van der Waals surface area contributed by atoms with Crippen LogP contribution in [0.15, 0.2) is 11.4 Å². The topological polar surface area (TPSA) is 38.3 Å². The molecule has 15 heavy (non-hydrogen) atoms. The lowest BCUT2D eigenvalue weighted by Crippen LogP contribution is -2.13. The summed E-state index contributed by atoms with van der Waals surface area (Å²) in [7, 11) is 0. The molecule has 84 valence electrons. The van der Waals surface area contributed by atoms with Gasteiger partial charge in [0.25, 0.3) is 0 Å².